The van der Waals surface area contributed by atoms with E-state index in [2.05, 4.69) is 4.74 Å². The summed E-state index contributed by atoms with van der Waals surface area (Å²) in [5.74, 6) is -0.828. The van der Waals surface area contributed by atoms with Gasteiger partial charge in [0, 0.05) is 11.1 Å². The molecule has 0 bridgehead atoms. The predicted molar refractivity (Wildman–Crippen MR) is 73.5 cm³/mol. The molecule has 0 aromatic heterocycles. The van der Waals surface area contributed by atoms with Crippen LogP contribution in [0, 0.1) is 5.82 Å². The smallest absolute Gasteiger partial charge is 0.387 e. The zero-order valence-electron chi connectivity index (χ0n) is 9.64. The molecule has 0 aliphatic heterocycles. The van der Waals surface area contributed by atoms with E-state index in [1.54, 1.807) is 0 Å². The van der Waals surface area contributed by atoms with Gasteiger partial charge >= 0.3 is 6.61 Å². The molecule has 7 heteroatoms. The minimum atomic E-state index is -3.00. The molecule has 0 saturated carbocycles. The molecule has 1 nitrogen and oxygen atoms in total. The van der Waals surface area contributed by atoms with Crippen LogP contribution in [0.25, 0.3) is 11.1 Å². The van der Waals surface area contributed by atoms with Gasteiger partial charge in [0.15, 0.2) is 0 Å². The van der Waals surface area contributed by atoms with E-state index in [9.17, 15) is 13.2 Å². The SMILES string of the molecule is Fc1ccc(OC(F)F)cc1-c1ccc(Cl)c(Cl)c1Cl. The van der Waals surface area contributed by atoms with Gasteiger partial charge in [-0.25, -0.2) is 4.39 Å². The average Bonchev–Trinajstić information content (AvgIpc) is 2.38. The molecule has 0 atom stereocenters. The number of hydrogen-bond acceptors (Lipinski definition) is 1. The molecule has 0 unspecified atom stereocenters. The van der Waals surface area contributed by atoms with Crippen LogP contribution in [0.15, 0.2) is 30.3 Å². The number of benzene rings is 2. The van der Waals surface area contributed by atoms with Crippen LogP contribution in [0.5, 0.6) is 5.75 Å². The number of hydrogen-bond donors (Lipinski definition) is 0. The molecule has 0 saturated heterocycles. The quantitative estimate of drug-likeness (QED) is 0.617. The summed E-state index contributed by atoms with van der Waals surface area (Å²) in [7, 11) is 0. The first-order chi connectivity index (χ1) is 9.40. The topological polar surface area (TPSA) is 9.23 Å². The Morgan fingerprint density at radius 3 is 2.25 bits per heavy atom. The molecule has 0 aliphatic carbocycles. The normalized spacial score (nSPS) is 10.9. The van der Waals surface area contributed by atoms with Gasteiger partial charge < -0.3 is 4.74 Å². The van der Waals surface area contributed by atoms with Gasteiger partial charge in [-0.05, 0) is 24.3 Å². The third kappa shape index (κ3) is 3.14. The second-order valence-electron chi connectivity index (χ2n) is 3.74. The molecule has 0 aliphatic rings. The van der Waals surface area contributed by atoms with Gasteiger partial charge in [0.25, 0.3) is 0 Å². The van der Waals surface area contributed by atoms with Gasteiger partial charge in [-0.1, -0.05) is 40.9 Å². The van der Waals surface area contributed by atoms with E-state index in [4.69, 9.17) is 34.8 Å². The van der Waals surface area contributed by atoms with Crippen molar-refractivity contribution in [1.29, 1.82) is 0 Å². The highest BCUT2D eigenvalue weighted by molar-refractivity contribution is 6.49. The monoisotopic (exact) mass is 340 g/mol. The van der Waals surface area contributed by atoms with Gasteiger partial charge in [0.2, 0.25) is 0 Å². The average molecular weight is 342 g/mol. The summed E-state index contributed by atoms with van der Waals surface area (Å²) in [6, 6.07) is 6.10. The fourth-order valence-corrected chi connectivity index (χ4v) is 2.26. The van der Waals surface area contributed by atoms with Crippen molar-refractivity contribution in [3.63, 3.8) is 0 Å². The lowest BCUT2D eigenvalue weighted by Gasteiger charge is -2.11. The van der Waals surface area contributed by atoms with E-state index in [0.29, 0.717) is 0 Å². The van der Waals surface area contributed by atoms with E-state index in [1.165, 1.54) is 12.1 Å². The van der Waals surface area contributed by atoms with E-state index >= 15 is 0 Å². The van der Waals surface area contributed by atoms with Crippen molar-refractivity contribution in [2.45, 2.75) is 6.61 Å². The molecular weight excluding hydrogens is 335 g/mol. The van der Waals surface area contributed by atoms with E-state index in [-0.39, 0.29) is 31.9 Å². The van der Waals surface area contributed by atoms with Gasteiger partial charge in [-0.3, -0.25) is 0 Å². The molecule has 0 amide bonds. The van der Waals surface area contributed by atoms with Gasteiger partial charge in [-0.2, -0.15) is 8.78 Å². The molecule has 2 aromatic carbocycles. The fourth-order valence-electron chi connectivity index (χ4n) is 1.62. The molecular formula is C13H6Cl3F3O. The van der Waals surface area contributed by atoms with Crippen molar-refractivity contribution in [1.82, 2.24) is 0 Å². The molecule has 0 N–H and O–H groups in total. The van der Waals surface area contributed by atoms with Gasteiger partial charge in [0.1, 0.15) is 11.6 Å². The summed E-state index contributed by atoms with van der Waals surface area (Å²) < 4.78 is 42.4. The summed E-state index contributed by atoms with van der Waals surface area (Å²) in [5.41, 5.74) is 0.227. The van der Waals surface area contributed by atoms with Crippen molar-refractivity contribution in [2.75, 3.05) is 0 Å². The van der Waals surface area contributed by atoms with E-state index in [0.717, 1.165) is 18.2 Å². The standard InChI is InChI=1S/C13H6Cl3F3O/c14-9-3-2-7(11(15)12(9)16)8-5-6(20-13(18)19)1-4-10(8)17/h1-5,13H. The summed E-state index contributed by atoms with van der Waals surface area (Å²) >= 11 is 17.6. The first kappa shape index (κ1) is 15.3. The Bertz CT molecular complexity index is 647. The Morgan fingerprint density at radius 2 is 1.60 bits per heavy atom. The molecule has 0 radical (unpaired) electrons. The summed E-state index contributed by atoms with van der Waals surface area (Å²) in [5, 5.41) is 0.304. The molecule has 2 aromatic rings. The first-order valence-electron chi connectivity index (χ1n) is 5.28. The number of rotatable bonds is 3. The van der Waals surface area contributed by atoms with Crippen LogP contribution in [0.3, 0.4) is 0 Å². The second kappa shape index (κ2) is 6.12. The lowest BCUT2D eigenvalue weighted by Crippen LogP contribution is -2.02. The minimum absolute atomic E-state index is 0.00767. The highest BCUT2D eigenvalue weighted by Crippen LogP contribution is 2.39. The predicted octanol–water partition coefficient (Wildman–Crippen LogP) is 6.05. The Morgan fingerprint density at radius 1 is 0.900 bits per heavy atom. The van der Waals surface area contributed by atoms with Gasteiger partial charge in [-0.15, -0.1) is 0 Å². The maximum absolute atomic E-state index is 13.8. The number of alkyl halides is 2. The maximum atomic E-state index is 13.8. The lowest BCUT2D eigenvalue weighted by atomic mass is 10.0. The first-order valence-corrected chi connectivity index (χ1v) is 6.41. The largest absolute Gasteiger partial charge is 0.435 e. The van der Waals surface area contributed by atoms with Crippen molar-refractivity contribution >= 4 is 34.8 Å². The van der Waals surface area contributed by atoms with Crippen LogP contribution < -0.4 is 4.74 Å². The van der Waals surface area contributed by atoms with Crippen molar-refractivity contribution in [3.8, 4) is 16.9 Å². The zero-order chi connectivity index (χ0) is 14.9. The van der Waals surface area contributed by atoms with Crippen molar-refractivity contribution < 1.29 is 17.9 Å². The minimum Gasteiger partial charge on any atom is -0.435 e. The Kier molecular flexibility index (Phi) is 4.68. The highest BCUT2D eigenvalue weighted by atomic mass is 35.5. The number of ether oxygens (including phenoxy) is 1. The molecule has 2 rings (SSSR count). The van der Waals surface area contributed by atoms with Crippen LogP contribution in [0.2, 0.25) is 15.1 Å². The van der Waals surface area contributed by atoms with Crippen LogP contribution in [0.4, 0.5) is 13.2 Å². The number of halogens is 6. The van der Waals surface area contributed by atoms with E-state index < -0.39 is 12.4 Å². The van der Waals surface area contributed by atoms with Crippen LogP contribution >= 0.6 is 34.8 Å². The molecule has 0 heterocycles. The summed E-state index contributed by atoms with van der Waals surface area (Å²) in [6.07, 6.45) is 0. The lowest BCUT2D eigenvalue weighted by molar-refractivity contribution is -0.0498. The fraction of sp³-hybridized carbons (Fsp3) is 0.0769. The van der Waals surface area contributed by atoms with Crippen LogP contribution in [0.1, 0.15) is 0 Å². The van der Waals surface area contributed by atoms with Crippen molar-refractivity contribution in [3.05, 3.63) is 51.2 Å². The molecule has 106 valence electrons. The van der Waals surface area contributed by atoms with Crippen LogP contribution in [-0.2, 0) is 0 Å². The molecule has 0 spiro atoms. The maximum Gasteiger partial charge on any atom is 0.387 e. The Hall–Kier alpha value is -1.10. The zero-order valence-corrected chi connectivity index (χ0v) is 11.9. The van der Waals surface area contributed by atoms with E-state index in [1.807, 2.05) is 0 Å². The van der Waals surface area contributed by atoms with Gasteiger partial charge in [0.05, 0.1) is 15.1 Å². The molecule has 20 heavy (non-hydrogen) atoms. The molecule has 0 fully saturated rings. The second-order valence-corrected chi connectivity index (χ2v) is 4.91. The highest BCUT2D eigenvalue weighted by Gasteiger charge is 2.15. The Labute approximate surface area is 127 Å². The van der Waals surface area contributed by atoms with Crippen LogP contribution in [-0.4, -0.2) is 6.61 Å². The van der Waals surface area contributed by atoms with Crippen molar-refractivity contribution in [2.24, 2.45) is 0 Å². The third-order valence-corrected chi connectivity index (χ3v) is 3.78. The third-order valence-electron chi connectivity index (χ3n) is 2.49. The summed E-state index contributed by atoms with van der Waals surface area (Å²) in [6.45, 7) is -3.00. The Balaban J connectivity index is 2.54. The summed E-state index contributed by atoms with van der Waals surface area (Å²) in [4.78, 5) is 0.